The Hall–Kier alpha value is -2.92. The van der Waals surface area contributed by atoms with E-state index in [4.69, 9.17) is 9.72 Å². The molecule has 0 radical (unpaired) electrons. The van der Waals surface area contributed by atoms with Gasteiger partial charge in [0.15, 0.2) is 0 Å². The molecule has 0 spiro atoms. The van der Waals surface area contributed by atoms with E-state index in [9.17, 15) is 0 Å². The molecule has 3 aromatic carbocycles. The van der Waals surface area contributed by atoms with E-state index in [-0.39, 0.29) is 0 Å². The molecule has 0 saturated carbocycles. The molecular weight excluding hydrogens is 390 g/mol. The fourth-order valence-electron chi connectivity index (χ4n) is 2.80. The van der Waals surface area contributed by atoms with Crippen molar-refractivity contribution < 1.29 is 4.74 Å². The zero-order valence-electron chi connectivity index (χ0n) is 14.1. The lowest BCUT2D eigenvalue weighted by Crippen LogP contribution is -2.00. The van der Waals surface area contributed by atoms with Gasteiger partial charge in [0, 0.05) is 21.1 Å². The third-order valence-electron chi connectivity index (χ3n) is 4.05. The summed E-state index contributed by atoms with van der Waals surface area (Å²) in [6.07, 6.45) is 0. The number of ether oxygens (including phenoxy) is 1. The molecule has 0 atom stereocenters. The minimum Gasteiger partial charge on any atom is -0.497 e. The minimum absolute atomic E-state index is 0.563. The molecule has 1 aromatic heterocycles. The lowest BCUT2D eigenvalue weighted by Gasteiger charge is -2.11. The molecular formula is C21H16BrN3O. The van der Waals surface area contributed by atoms with E-state index in [1.165, 1.54) is 0 Å². The first-order chi connectivity index (χ1) is 12.7. The molecule has 1 heterocycles. The Kier molecular flexibility index (Phi) is 4.54. The number of hydrogen-bond acceptors (Lipinski definition) is 4. The molecule has 1 N–H and O–H groups in total. The van der Waals surface area contributed by atoms with E-state index in [1.54, 1.807) is 7.11 Å². The van der Waals surface area contributed by atoms with Crippen LogP contribution < -0.4 is 10.1 Å². The van der Waals surface area contributed by atoms with Crippen LogP contribution in [0.4, 0.5) is 11.6 Å². The number of benzene rings is 3. The number of aromatic nitrogens is 2. The minimum atomic E-state index is 0.563. The standard InChI is InChI=1S/C21H16BrN3O/c1-26-17-11-9-14(10-12-17)20-18-7-2-3-8-19(18)24-21(25-20)23-16-6-4-5-15(22)13-16/h2-13H,1H3,(H,23,24,25). The van der Waals surface area contributed by atoms with Gasteiger partial charge in [-0.15, -0.1) is 0 Å². The molecule has 0 amide bonds. The zero-order chi connectivity index (χ0) is 17.9. The maximum atomic E-state index is 5.26. The number of nitrogens with one attached hydrogen (secondary N) is 1. The van der Waals surface area contributed by atoms with Gasteiger partial charge in [0.05, 0.1) is 18.3 Å². The number of halogens is 1. The Labute approximate surface area is 160 Å². The molecule has 26 heavy (non-hydrogen) atoms. The topological polar surface area (TPSA) is 47.0 Å². The summed E-state index contributed by atoms with van der Waals surface area (Å²) in [6.45, 7) is 0. The number of methoxy groups -OCH3 is 1. The summed E-state index contributed by atoms with van der Waals surface area (Å²) < 4.78 is 6.26. The van der Waals surface area contributed by atoms with Crippen molar-refractivity contribution in [2.24, 2.45) is 0 Å². The number of fused-ring (bicyclic) bond motifs is 1. The second-order valence-corrected chi connectivity index (χ2v) is 6.69. The van der Waals surface area contributed by atoms with Crippen LogP contribution in [0.2, 0.25) is 0 Å². The van der Waals surface area contributed by atoms with Crippen molar-refractivity contribution in [1.82, 2.24) is 9.97 Å². The molecule has 4 rings (SSSR count). The maximum absolute atomic E-state index is 5.26. The van der Waals surface area contributed by atoms with E-state index in [0.717, 1.165) is 38.1 Å². The molecule has 0 aliphatic carbocycles. The molecule has 0 aliphatic rings. The highest BCUT2D eigenvalue weighted by atomic mass is 79.9. The van der Waals surface area contributed by atoms with Crippen LogP contribution in [-0.2, 0) is 0 Å². The van der Waals surface area contributed by atoms with Crippen molar-refractivity contribution in [3.8, 4) is 17.0 Å². The monoisotopic (exact) mass is 405 g/mol. The van der Waals surface area contributed by atoms with Crippen LogP contribution in [0.5, 0.6) is 5.75 Å². The van der Waals surface area contributed by atoms with Crippen molar-refractivity contribution in [1.29, 1.82) is 0 Å². The van der Waals surface area contributed by atoms with Gasteiger partial charge in [-0.3, -0.25) is 0 Å². The lowest BCUT2D eigenvalue weighted by molar-refractivity contribution is 0.415. The quantitative estimate of drug-likeness (QED) is 0.465. The van der Waals surface area contributed by atoms with Crippen molar-refractivity contribution in [2.45, 2.75) is 0 Å². The summed E-state index contributed by atoms with van der Waals surface area (Å²) in [4.78, 5) is 9.43. The molecule has 0 saturated heterocycles. The fraction of sp³-hybridized carbons (Fsp3) is 0.0476. The third kappa shape index (κ3) is 3.39. The number of nitrogens with zero attached hydrogens (tertiary/aromatic N) is 2. The fourth-order valence-corrected chi connectivity index (χ4v) is 3.20. The van der Waals surface area contributed by atoms with Crippen molar-refractivity contribution in [3.63, 3.8) is 0 Å². The maximum Gasteiger partial charge on any atom is 0.228 e. The molecule has 4 nitrogen and oxygen atoms in total. The van der Waals surface area contributed by atoms with Gasteiger partial charge in [-0.05, 0) is 48.5 Å². The average molecular weight is 406 g/mol. The summed E-state index contributed by atoms with van der Waals surface area (Å²) in [5.74, 6) is 1.38. The Morgan fingerprint density at radius 1 is 0.885 bits per heavy atom. The molecule has 128 valence electrons. The number of anilines is 2. The highest BCUT2D eigenvalue weighted by Gasteiger charge is 2.10. The van der Waals surface area contributed by atoms with Crippen LogP contribution in [0, 0.1) is 0 Å². The summed E-state index contributed by atoms with van der Waals surface area (Å²) in [6, 6.07) is 23.8. The van der Waals surface area contributed by atoms with E-state index >= 15 is 0 Å². The van der Waals surface area contributed by atoms with Gasteiger partial charge >= 0.3 is 0 Å². The Bertz CT molecular complexity index is 1060. The molecule has 0 unspecified atom stereocenters. The average Bonchev–Trinajstić information content (AvgIpc) is 2.67. The van der Waals surface area contributed by atoms with Gasteiger partial charge in [-0.25, -0.2) is 9.97 Å². The van der Waals surface area contributed by atoms with E-state index in [2.05, 4.69) is 26.2 Å². The first-order valence-corrected chi connectivity index (χ1v) is 8.96. The van der Waals surface area contributed by atoms with Gasteiger partial charge in [0.1, 0.15) is 5.75 Å². The first kappa shape index (κ1) is 16.5. The smallest absolute Gasteiger partial charge is 0.228 e. The predicted molar refractivity (Wildman–Crippen MR) is 109 cm³/mol. The normalized spacial score (nSPS) is 10.7. The molecule has 5 heteroatoms. The van der Waals surface area contributed by atoms with Gasteiger partial charge in [0.2, 0.25) is 5.95 Å². The number of rotatable bonds is 4. The molecule has 0 fully saturated rings. The third-order valence-corrected chi connectivity index (χ3v) is 4.54. The van der Waals surface area contributed by atoms with Gasteiger partial charge in [-0.2, -0.15) is 0 Å². The predicted octanol–water partition coefficient (Wildman–Crippen LogP) is 5.81. The van der Waals surface area contributed by atoms with Gasteiger partial charge in [0.25, 0.3) is 0 Å². The van der Waals surface area contributed by atoms with Crippen LogP contribution in [-0.4, -0.2) is 17.1 Å². The molecule has 0 aliphatic heterocycles. The Morgan fingerprint density at radius 3 is 2.46 bits per heavy atom. The van der Waals surface area contributed by atoms with Crippen LogP contribution in [0.25, 0.3) is 22.2 Å². The second kappa shape index (κ2) is 7.14. The number of hydrogen-bond donors (Lipinski definition) is 1. The Morgan fingerprint density at radius 2 is 1.69 bits per heavy atom. The van der Waals surface area contributed by atoms with E-state index in [1.807, 2.05) is 72.8 Å². The highest BCUT2D eigenvalue weighted by molar-refractivity contribution is 9.10. The molecule has 4 aromatic rings. The van der Waals surface area contributed by atoms with Crippen molar-refractivity contribution >= 4 is 38.5 Å². The number of para-hydroxylation sites is 1. The summed E-state index contributed by atoms with van der Waals surface area (Å²) >= 11 is 3.49. The first-order valence-electron chi connectivity index (χ1n) is 8.17. The largest absolute Gasteiger partial charge is 0.497 e. The summed E-state index contributed by atoms with van der Waals surface area (Å²) in [5.41, 5.74) is 3.72. The second-order valence-electron chi connectivity index (χ2n) is 5.78. The van der Waals surface area contributed by atoms with Crippen molar-refractivity contribution in [3.05, 3.63) is 77.3 Å². The lowest BCUT2D eigenvalue weighted by atomic mass is 10.1. The van der Waals surface area contributed by atoms with Crippen LogP contribution >= 0.6 is 15.9 Å². The highest BCUT2D eigenvalue weighted by Crippen LogP contribution is 2.29. The Balaban J connectivity index is 1.82. The zero-order valence-corrected chi connectivity index (χ0v) is 15.7. The van der Waals surface area contributed by atoms with Crippen molar-refractivity contribution in [2.75, 3.05) is 12.4 Å². The van der Waals surface area contributed by atoms with E-state index < -0.39 is 0 Å². The SMILES string of the molecule is COc1ccc(-c2nc(Nc3cccc(Br)c3)nc3ccccc23)cc1. The van der Waals surface area contributed by atoms with Crippen LogP contribution in [0.15, 0.2) is 77.3 Å². The van der Waals surface area contributed by atoms with Crippen LogP contribution in [0.3, 0.4) is 0 Å². The summed E-state index contributed by atoms with van der Waals surface area (Å²) in [5, 5.41) is 4.30. The van der Waals surface area contributed by atoms with Crippen LogP contribution in [0.1, 0.15) is 0 Å². The molecule has 0 bridgehead atoms. The summed E-state index contributed by atoms with van der Waals surface area (Å²) in [7, 11) is 1.66. The van der Waals surface area contributed by atoms with Gasteiger partial charge < -0.3 is 10.1 Å². The van der Waals surface area contributed by atoms with E-state index in [0.29, 0.717) is 5.95 Å². The van der Waals surface area contributed by atoms with Gasteiger partial charge in [-0.1, -0.05) is 40.2 Å².